The number of hydrogen-bond acceptors (Lipinski definition) is 6. The van der Waals surface area contributed by atoms with Gasteiger partial charge in [-0.05, 0) is 75.5 Å². The molecule has 0 spiro atoms. The molecule has 192 valence electrons. The van der Waals surface area contributed by atoms with E-state index in [1.54, 1.807) is 0 Å². The molecule has 0 aromatic heterocycles. The Labute approximate surface area is 205 Å². The van der Waals surface area contributed by atoms with Crippen LogP contribution >= 0.6 is 0 Å². The minimum Gasteiger partial charge on any atom is -0.462 e. The first-order valence-corrected chi connectivity index (χ1v) is 13.8. The fourth-order valence-corrected chi connectivity index (χ4v) is 6.41. The van der Waals surface area contributed by atoms with Gasteiger partial charge in [0.2, 0.25) is 0 Å². The molecular weight excluding hydrogens is 432 g/mol. The van der Waals surface area contributed by atoms with Crippen molar-refractivity contribution in [2.75, 3.05) is 6.61 Å². The molecule has 3 fully saturated rings. The quantitative estimate of drug-likeness (QED) is 0.336. The Balaban J connectivity index is 1.37. The molecule has 9 atom stereocenters. The number of fused-ring (bicyclic) bond motifs is 1. The molecule has 1 saturated carbocycles. The number of ether oxygens (including phenoxy) is 4. The molecule has 2 heterocycles. The molecule has 0 aromatic rings. The van der Waals surface area contributed by atoms with Crippen molar-refractivity contribution in [2.45, 2.75) is 116 Å². The van der Waals surface area contributed by atoms with E-state index in [1.165, 1.54) is 0 Å². The Bertz CT molecular complexity index is 714. The Hall–Kier alpha value is -1.40. The molecule has 0 radical (unpaired) electrons. The second-order valence-corrected chi connectivity index (χ2v) is 11.0. The lowest BCUT2D eigenvalue weighted by Crippen LogP contribution is -2.44. The zero-order valence-corrected chi connectivity index (χ0v) is 21.3. The lowest BCUT2D eigenvalue weighted by molar-refractivity contribution is -0.209. The van der Waals surface area contributed by atoms with E-state index in [1.807, 2.05) is 13.8 Å². The third-order valence-electron chi connectivity index (χ3n) is 8.59. The number of rotatable bonds is 8. The highest BCUT2D eigenvalue weighted by molar-refractivity contribution is 5.72. The molecule has 0 amide bonds. The number of esters is 2. The Morgan fingerprint density at radius 2 is 2.00 bits per heavy atom. The van der Waals surface area contributed by atoms with Crippen molar-refractivity contribution in [2.24, 2.45) is 29.6 Å². The first-order chi connectivity index (χ1) is 16.4. The lowest BCUT2D eigenvalue weighted by Gasteiger charge is -2.46. The summed E-state index contributed by atoms with van der Waals surface area (Å²) >= 11 is 0. The number of cyclic esters (lactones) is 1. The van der Waals surface area contributed by atoms with Gasteiger partial charge in [0.15, 0.2) is 6.29 Å². The predicted octanol–water partition coefficient (Wildman–Crippen LogP) is 5.58. The van der Waals surface area contributed by atoms with Gasteiger partial charge in [-0.3, -0.25) is 9.59 Å². The van der Waals surface area contributed by atoms with Crippen LogP contribution in [0.5, 0.6) is 0 Å². The highest BCUT2D eigenvalue weighted by atomic mass is 16.7. The molecule has 34 heavy (non-hydrogen) atoms. The molecule has 0 bridgehead atoms. The average molecular weight is 477 g/mol. The molecule has 0 aromatic carbocycles. The molecule has 4 aliphatic rings. The van der Waals surface area contributed by atoms with Crippen molar-refractivity contribution in [1.29, 1.82) is 0 Å². The van der Waals surface area contributed by atoms with Crippen LogP contribution in [-0.4, -0.2) is 43.1 Å². The zero-order valence-electron chi connectivity index (χ0n) is 21.3. The third kappa shape index (κ3) is 6.42. The molecule has 4 rings (SSSR count). The SMILES string of the molecule is CC[C@H](C)C(=O)O[C@H]1CCC[C@@H]2C=C[C@H](C)[C@H](CC[C@H]3C[C@H](OC4CCCCO4)CC(=O)O3)[C@@H]12. The van der Waals surface area contributed by atoms with E-state index >= 15 is 0 Å². The monoisotopic (exact) mass is 476 g/mol. The summed E-state index contributed by atoms with van der Waals surface area (Å²) in [6, 6.07) is 0. The number of carbonyl (C=O) groups is 2. The second kappa shape index (κ2) is 12.0. The van der Waals surface area contributed by atoms with Gasteiger partial charge in [0, 0.05) is 18.9 Å². The summed E-state index contributed by atoms with van der Waals surface area (Å²) < 4.78 is 23.7. The van der Waals surface area contributed by atoms with Crippen molar-refractivity contribution < 1.29 is 28.5 Å². The van der Waals surface area contributed by atoms with Gasteiger partial charge in [0.25, 0.3) is 0 Å². The van der Waals surface area contributed by atoms with E-state index in [0.717, 1.165) is 70.8 Å². The van der Waals surface area contributed by atoms with Gasteiger partial charge in [-0.1, -0.05) is 32.9 Å². The van der Waals surface area contributed by atoms with Crippen LogP contribution in [0.3, 0.4) is 0 Å². The molecule has 6 nitrogen and oxygen atoms in total. The summed E-state index contributed by atoms with van der Waals surface area (Å²) in [5, 5.41) is 0. The highest BCUT2D eigenvalue weighted by Gasteiger charge is 2.44. The molecule has 2 saturated heterocycles. The van der Waals surface area contributed by atoms with Crippen LogP contribution in [0, 0.1) is 29.6 Å². The van der Waals surface area contributed by atoms with Crippen molar-refractivity contribution in [1.82, 2.24) is 0 Å². The van der Waals surface area contributed by atoms with E-state index in [0.29, 0.717) is 30.1 Å². The highest BCUT2D eigenvalue weighted by Crippen LogP contribution is 2.46. The van der Waals surface area contributed by atoms with Gasteiger partial charge >= 0.3 is 11.9 Å². The number of carbonyl (C=O) groups excluding carboxylic acids is 2. The van der Waals surface area contributed by atoms with E-state index in [4.69, 9.17) is 18.9 Å². The molecule has 0 N–H and O–H groups in total. The Kier molecular flexibility index (Phi) is 9.09. The summed E-state index contributed by atoms with van der Waals surface area (Å²) in [5.41, 5.74) is 0. The smallest absolute Gasteiger partial charge is 0.308 e. The second-order valence-electron chi connectivity index (χ2n) is 11.0. The molecule has 2 aliphatic heterocycles. The summed E-state index contributed by atoms with van der Waals surface area (Å²) in [6.07, 6.45) is 14.3. The normalized spacial score (nSPS) is 39.1. The van der Waals surface area contributed by atoms with Gasteiger partial charge in [-0.15, -0.1) is 0 Å². The number of hydrogen-bond donors (Lipinski definition) is 0. The maximum absolute atomic E-state index is 12.6. The van der Waals surface area contributed by atoms with E-state index in [-0.39, 0.29) is 42.5 Å². The fourth-order valence-electron chi connectivity index (χ4n) is 6.41. The largest absolute Gasteiger partial charge is 0.462 e. The summed E-state index contributed by atoms with van der Waals surface area (Å²) in [4.78, 5) is 24.9. The van der Waals surface area contributed by atoms with Crippen LogP contribution in [0.2, 0.25) is 0 Å². The van der Waals surface area contributed by atoms with Crippen molar-refractivity contribution >= 4 is 11.9 Å². The Morgan fingerprint density at radius 1 is 1.15 bits per heavy atom. The van der Waals surface area contributed by atoms with Crippen molar-refractivity contribution in [3.05, 3.63) is 12.2 Å². The first-order valence-electron chi connectivity index (χ1n) is 13.8. The van der Waals surface area contributed by atoms with E-state index in [9.17, 15) is 9.59 Å². The topological polar surface area (TPSA) is 71.1 Å². The molecule has 1 unspecified atom stereocenters. The standard InChI is InChI=1S/C28H44O6/c1-4-18(2)28(30)34-24-9-7-8-20-12-11-19(3)23(27(20)24)14-13-21-16-22(17-25(29)32-21)33-26-10-5-6-15-31-26/h11-12,18-24,26-27H,4-10,13-17H2,1-3H3/t18-,19-,20+,21-,22-,23-,24-,26?,27-/m0/s1. The fraction of sp³-hybridized carbons (Fsp3) is 0.857. The van der Waals surface area contributed by atoms with Crippen LogP contribution in [0.25, 0.3) is 0 Å². The van der Waals surface area contributed by atoms with Gasteiger partial charge in [0.1, 0.15) is 12.2 Å². The van der Waals surface area contributed by atoms with Crippen LogP contribution in [0.4, 0.5) is 0 Å². The van der Waals surface area contributed by atoms with Crippen LogP contribution in [0.1, 0.15) is 91.4 Å². The minimum absolute atomic E-state index is 0.00825. The van der Waals surface area contributed by atoms with E-state index in [2.05, 4.69) is 19.1 Å². The average Bonchev–Trinajstić information content (AvgIpc) is 2.83. The van der Waals surface area contributed by atoms with Gasteiger partial charge < -0.3 is 18.9 Å². The van der Waals surface area contributed by atoms with Gasteiger partial charge in [-0.25, -0.2) is 0 Å². The summed E-state index contributed by atoms with van der Waals surface area (Å²) in [7, 11) is 0. The zero-order chi connectivity index (χ0) is 24.1. The lowest BCUT2D eigenvalue weighted by atomic mass is 9.62. The van der Waals surface area contributed by atoms with Gasteiger partial charge in [-0.2, -0.15) is 0 Å². The van der Waals surface area contributed by atoms with Gasteiger partial charge in [0.05, 0.1) is 18.4 Å². The Morgan fingerprint density at radius 3 is 2.76 bits per heavy atom. The summed E-state index contributed by atoms with van der Waals surface area (Å²) in [6.45, 7) is 7.01. The first kappa shape index (κ1) is 25.7. The van der Waals surface area contributed by atoms with E-state index < -0.39 is 0 Å². The van der Waals surface area contributed by atoms with Crippen LogP contribution in [0.15, 0.2) is 12.2 Å². The molecular formula is C28H44O6. The van der Waals surface area contributed by atoms with Crippen molar-refractivity contribution in [3.8, 4) is 0 Å². The van der Waals surface area contributed by atoms with Crippen LogP contribution < -0.4 is 0 Å². The minimum atomic E-state index is -0.183. The molecule has 6 heteroatoms. The molecule has 2 aliphatic carbocycles. The predicted molar refractivity (Wildman–Crippen MR) is 129 cm³/mol. The maximum Gasteiger partial charge on any atom is 0.308 e. The number of allylic oxidation sites excluding steroid dienone is 2. The summed E-state index contributed by atoms with van der Waals surface area (Å²) in [5.74, 6) is 1.39. The maximum atomic E-state index is 12.6. The van der Waals surface area contributed by atoms with Crippen LogP contribution in [-0.2, 0) is 28.5 Å². The van der Waals surface area contributed by atoms with Crippen molar-refractivity contribution in [3.63, 3.8) is 0 Å². The third-order valence-corrected chi connectivity index (χ3v) is 8.59.